The second-order valence-corrected chi connectivity index (χ2v) is 2.09. The monoisotopic (exact) mass is 176 g/mol. The van der Waals surface area contributed by atoms with Crippen molar-refractivity contribution < 1.29 is 0 Å². The highest BCUT2D eigenvalue weighted by molar-refractivity contribution is 5.85. The first-order valence-electron chi connectivity index (χ1n) is 3.31. The molecule has 0 spiro atoms. The zero-order chi connectivity index (χ0) is 7.40. The number of hydrogen-bond donors (Lipinski definition) is 2. The van der Waals surface area contributed by atoms with E-state index in [1.807, 2.05) is 24.0 Å². The number of hydrazine groups is 1. The van der Waals surface area contributed by atoms with Crippen molar-refractivity contribution >= 4 is 12.4 Å². The first kappa shape index (κ1) is 10.4. The molecule has 4 nitrogen and oxygen atoms in total. The standard InChI is InChI=1S/C6H12N4.ClH/c1-2-10-5-6(3-8-7)4-9-10;/h4-5,8H,2-3,7H2,1H3;1H. The number of aryl methyl sites for hydroxylation is 1. The van der Waals surface area contributed by atoms with E-state index in [2.05, 4.69) is 10.5 Å². The van der Waals surface area contributed by atoms with Crippen molar-refractivity contribution in [3.05, 3.63) is 18.0 Å². The fraction of sp³-hybridized carbons (Fsp3) is 0.500. The van der Waals surface area contributed by atoms with Gasteiger partial charge in [0.2, 0.25) is 0 Å². The van der Waals surface area contributed by atoms with Gasteiger partial charge in [0.25, 0.3) is 0 Å². The Morgan fingerprint density at radius 3 is 2.91 bits per heavy atom. The summed E-state index contributed by atoms with van der Waals surface area (Å²) in [4.78, 5) is 0. The molecule has 0 atom stereocenters. The lowest BCUT2D eigenvalue weighted by molar-refractivity contribution is 0.657. The van der Waals surface area contributed by atoms with Crippen LogP contribution in [0.3, 0.4) is 0 Å². The molecule has 0 bridgehead atoms. The van der Waals surface area contributed by atoms with Gasteiger partial charge in [-0.3, -0.25) is 16.0 Å². The molecular weight excluding hydrogens is 164 g/mol. The number of rotatable bonds is 3. The molecule has 3 N–H and O–H groups in total. The van der Waals surface area contributed by atoms with Gasteiger partial charge in [0.15, 0.2) is 0 Å². The van der Waals surface area contributed by atoms with Crippen LogP contribution >= 0.6 is 12.4 Å². The Kier molecular flexibility index (Phi) is 4.85. The maximum Gasteiger partial charge on any atom is 0.0535 e. The van der Waals surface area contributed by atoms with Crippen molar-refractivity contribution in [1.82, 2.24) is 15.2 Å². The van der Waals surface area contributed by atoms with Crippen LogP contribution in [0.4, 0.5) is 0 Å². The van der Waals surface area contributed by atoms with Gasteiger partial charge in [-0.1, -0.05) is 0 Å². The molecule has 64 valence electrons. The summed E-state index contributed by atoms with van der Waals surface area (Å²) in [6, 6.07) is 0. The van der Waals surface area contributed by atoms with Gasteiger partial charge >= 0.3 is 0 Å². The molecule has 0 aliphatic carbocycles. The minimum absolute atomic E-state index is 0. The van der Waals surface area contributed by atoms with Crippen LogP contribution in [0.5, 0.6) is 0 Å². The van der Waals surface area contributed by atoms with Crippen molar-refractivity contribution in [1.29, 1.82) is 0 Å². The number of nitrogens with zero attached hydrogens (tertiary/aromatic N) is 2. The smallest absolute Gasteiger partial charge is 0.0535 e. The highest BCUT2D eigenvalue weighted by Crippen LogP contribution is 1.95. The van der Waals surface area contributed by atoms with Gasteiger partial charge in [0, 0.05) is 24.8 Å². The molecule has 0 aliphatic heterocycles. The molecule has 5 heteroatoms. The second kappa shape index (κ2) is 5.12. The Morgan fingerprint density at radius 1 is 1.73 bits per heavy atom. The molecule has 0 fully saturated rings. The number of hydrogen-bond acceptors (Lipinski definition) is 3. The van der Waals surface area contributed by atoms with Gasteiger partial charge < -0.3 is 0 Å². The molecule has 0 saturated carbocycles. The molecule has 1 heterocycles. The SMILES string of the molecule is CCn1cc(CNN)cn1.Cl. The van der Waals surface area contributed by atoms with E-state index in [4.69, 9.17) is 5.84 Å². The van der Waals surface area contributed by atoms with E-state index in [0.29, 0.717) is 6.54 Å². The lowest BCUT2D eigenvalue weighted by Gasteiger charge is -1.92. The topological polar surface area (TPSA) is 55.9 Å². The molecule has 11 heavy (non-hydrogen) atoms. The van der Waals surface area contributed by atoms with Crippen LogP contribution in [0.2, 0.25) is 0 Å². The highest BCUT2D eigenvalue weighted by Gasteiger charge is 1.93. The fourth-order valence-electron chi connectivity index (χ4n) is 0.788. The Labute approximate surface area is 72.1 Å². The van der Waals surface area contributed by atoms with Crippen LogP contribution in [0.25, 0.3) is 0 Å². The summed E-state index contributed by atoms with van der Waals surface area (Å²) in [5, 5.41) is 4.07. The first-order chi connectivity index (χ1) is 4.86. The third-order valence-electron chi connectivity index (χ3n) is 1.32. The maximum atomic E-state index is 5.12. The van der Waals surface area contributed by atoms with Crippen LogP contribution in [0.15, 0.2) is 12.4 Å². The summed E-state index contributed by atoms with van der Waals surface area (Å²) < 4.78 is 1.87. The van der Waals surface area contributed by atoms with Gasteiger partial charge in [-0.25, -0.2) is 0 Å². The molecular formula is C6H13ClN4. The average molecular weight is 177 g/mol. The van der Waals surface area contributed by atoms with Crippen molar-refractivity contribution in [3.8, 4) is 0 Å². The summed E-state index contributed by atoms with van der Waals surface area (Å²) in [6.07, 6.45) is 3.78. The van der Waals surface area contributed by atoms with E-state index < -0.39 is 0 Å². The molecule has 0 saturated heterocycles. The van der Waals surface area contributed by atoms with E-state index in [0.717, 1.165) is 12.1 Å². The van der Waals surface area contributed by atoms with Gasteiger partial charge in [-0.2, -0.15) is 5.10 Å². The van der Waals surface area contributed by atoms with Gasteiger partial charge in [-0.05, 0) is 6.92 Å². The van der Waals surface area contributed by atoms with Crippen molar-refractivity contribution in [2.75, 3.05) is 0 Å². The largest absolute Gasteiger partial charge is 0.273 e. The molecule has 1 aromatic rings. The third kappa shape index (κ3) is 2.88. The minimum Gasteiger partial charge on any atom is -0.273 e. The molecule has 0 radical (unpaired) electrons. The number of aromatic nitrogens is 2. The van der Waals surface area contributed by atoms with E-state index in [-0.39, 0.29) is 12.4 Å². The molecule has 0 unspecified atom stereocenters. The van der Waals surface area contributed by atoms with E-state index in [1.54, 1.807) is 0 Å². The Morgan fingerprint density at radius 2 is 2.45 bits per heavy atom. The van der Waals surface area contributed by atoms with Gasteiger partial charge in [0.1, 0.15) is 0 Å². The Hall–Kier alpha value is -0.580. The van der Waals surface area contributed by atoms with Crippen molar-refractivity contribution in [2.24, 2.45) is 5.84 Å². The van der Waals surface area contributed by atoms with Gasteiger partial charge in [0.05, 0.1) is 6.20 Å². The van der Waals surface area contributed by atoms with E-state index >= 15 is 0 Å². The molecule has 1 rings (SSSR count). The molecule has 0 amide bonds. The molecule has 0 aliphatic rings. The Bertz CT molecular complexity index is 198. The number of nitrogens with one attached hydrogen (secondary N) is 1. The lowest BCUT2D eigenvalue weighted by Crippen LogP contribution is -2.20. The summed E-state index contributed by atoms with van der Waals surface area (Å²) in [6.45, 7) is 3.64. The van der Waals surface area contributed by atoms with Crippen LogP contribution in [-0.4, -0.2) is 9.78 Å². The zero-order valence-corrected chi connectivity index (χ0v) is 7.27. The first-order valence-corrected chi connectivity index (χ1v) is 3.31. The summed E-state index contributed by atoms with van der Waals surface area (Å²) in [5.74, 6) is 5.12. The van der Waals surface area contributed by atoms with Crippen LogP contribution < -0.4 is 11.3 Å². The predicted octanol–water partition coefficient (Wildman–Crippen LogP) is 0.288. The maximum absolute atomic E-state index is 5.12. The number of nitrogens with two attached hydrogens (primary N) is 1. The summed E-state index contributed by atoms with van der Waals surface area (Å²) >= 11 is 0. The highest BCUT2D eigenvalue weighted by atomic mass is 35.5. The third-order valence-corrected chi connectivity index (χ3v) is 1.32. The zero-order valence-electron chi connectivity index (χ0n) is 6.45. The number of halogens is 1. The molecule has 0 aromatic carbocycles. The lowest BCUT2D eigenvalue weighted by atomic mass is 10.4. The van der Waals surface area contributed by atoms with E-state index in [1.165, 1.54) is 0 Å². The normalized spacial score (nSPS) is 9.27. The van der Waals surface area contributed by atoms with Crippen LogP contribution in [-0.2, 0) is 13.1 Å². The molecule has 1 aromatic heterocycles. The Balaban J connectivity index is 0.000001000. The predicted molar refractivity (Wildman–Crippen MR) is 46.2 cm³/mol. The van der Waals surface area contributed by atoms with Crippen molar-refractivity contribution in [3.63, 3.8) is 0 Å². The fourth-order valence-corrected chi connectivity index (χ4v) is 0.788. The summed E-state index contributed by atoms with van der Waals surface area (Å²) in [5.41, 5.74) is 3.68. The van der Waals surface area contributed by atoms with Crippen molar-refractivity contribution in [2.45, 2.75) is 20.0 Å². The summed E-state index contributed by atoms with van der Waals surface area (Å²) in [7, 11) is 0. The van der Waals surface area contributed by atoms with E-state index in [9.17, 15) is 0 Å². The quantitative estimate of drug-likeness (QED) is 0.514. The van der Waals surface area contributed by atoms with Crippen LogP contribution in [0.1, 0.15) is 12.5 Å². The van der Waals surface area contributed by atoms with Crippen LogP contribution in [0, 0.1) is 0 Å². The second-order valence-electron chi connectivity index (χ2n) is 2.09. The average Bonchev–Trinajstić information content (AvgIpc) is 2.37. The minimum atomic E-state index is 0. The van der Waals surface area contributed by atoms with Gasteiger partial charge in [-0.15, -0.1) is 12.4 Å².